The molecule has 0 aromatic heterocycles. The Morgan fingerprint density at radius 3 is 2.88 bits per heavy atom. The quantitative estimate of drug-likeness (QED) is 0.578. The lowest BCUT2D eigenvalue weighted by Crippen LogP contribution is -2.26. The first-order valence-electron chi connectivity index (χ1n) is 2.87. The van der Waals surface area contributed by atoms with Crippen LogP contribution >= 0.6 is 11.8 Å². The first kappa shape index (κ1) is 6.17. The van der Waals surface area contributed by atoms with Crippen LogP contribution in [0.2, 0.25) is 0 Å². The van der Waals surface area contributed by atoms with Crippen LogP contribution in [-0.4, -0.2) is 11.3 Å². The Labute approximate surface area is 54.3 Å². The van der Waals surface area contributed by atoms with E-state index in [4.69, 9.17) is 5.73 Å². The minimum atomic E-state index is 0.343. The summed E-state index contributed by atoms with van der Waals surface area (Å²) in [5, 5.41) is 2.78. The lowest BCUT2D eigenvalue weighted by Gasteiger charge is -2.10. The fraction of sp³-hybridized carbons (Fsp3) is 0.667. The Bertz CT molecular complexity index is 90.7. The van der Waals surface area contributed by atoms with Gasteiger partial charge in [0.15, 0.2) is 0 Å². The Hall–Kier alpha value is 0.0500. The van der Waals surface area contributed by atoms with Crippen molar-refractivity contribution in [3.8, 4) is 0 Å². The third kappa shape index (κ3) is 1.26. The number of allylic oxidation sites excluding steroid dienone is 1. The number of rotatable bonds is 1. The predicted molar refractivity (Wildman–Crippen MR) is 38.8 cm³/mol. The first-order chi connectivity index (χ1) is 3.80. The van der Waals surface area contributed by atoms with Crippen molar-refractivity contribution in [3.63, 3.8) is 0 Å². The number of hydrogen-bond acceptors (Lipinski definition) is 2. The average molecular weight is 129 g/mol. The standard InChI is InChI=1S/C6H11NS/c1-5(7)6-3-2-4-8-6/h2,4-6H,3,7H2,1H3/t5-,6?/m0/s1. The largest absolute Gasteiger partial charge is 0.327 e. The fourth-order valence-electron chi connectivity index (χ4n) is 0.740. The molecule has 1 aliphatic rings. The van der Waals surface area contributed by atoms with Crippen LogP contribution in [0.1, 0.15) is 13.3 Å². The van der Waals surface area contributed by atoms with Crippen molar-refractivity contribution in [3.05, 3.63) is 11.5 Å². The summed E-state index contributed by atoms with van der Waals surface area (Å²) < 4.78 is 0. The maximum atomic E-state index is 5.64. The van der Waals surface area contributed by atoms with Crippen molar-refractivity contribution >= 4 is 11.8 Å². The highest BCUT2D eigenvalue weighted by Crippen LogP contribution is 2.25. The lowest BCUT2D eigenvalue weighted by molar-refractivity contribution is 0.701. The SMILES string of the molecule is C[C@H](N)C1CC=CS1. The molecule has 2 N–H and O–H groups in total. The maximum absolute atomic E-state index is 5.64. The minimum Gasteiger partial charge on any atom is -0.327 e. The zero-order valence-corrected chi connectivity index (χ0v) is 5.82. The van der Waals surface area contributed by atoms with Crippen molar-refractivity contribution < 1.29 is 0 Å². The van der Waals surface area contributed by atoms with Gasteiger partial charge in [0, 0.05) is 11.3 Å². The maximum Gasteiger partial charge on any atom is 0.0272 e. The second-order valence-corrected chi connectivity index (χ2v) is 3.29. The summed E-state index contributed by atoms with van der Waals surface area (Å²) >= 11 is 1.84. The monoisotopic (exact) mass is 129 g/mol. The van der Waals surface area contributed by atoms with E-state index in [1.54, 1.807) is 0 Å². The van der Waals surface area contributed by atoms with Crippen molar-refractivity contribution in [1.29, 1.82) is 0 Å². The van der Waals surface area contributed by atoms with Crippen LogP contribution < -0.4 is 5.73 Å². The van der Waals surface area contributed by atoms with E-state index in [0.29, 0.717) is 11.3 Å². The van der Waals surface area contributed by atoms with Crippen LogP contribution in [0.3, 0.4) is 0 Å². The zero-order valence-electron chi connectivity index (χ0n) is 5.00. The second kappa shape index (κ2) is 2.55. The van der Waals surface area contributed by atoms with E-state index in [9.17, 15) is 0 Å². The third-order valence-electron chi connectivity index (χ3n) is 1.30. The summed E-state index contributed by atoms with van der Waals surface area (Å²) in [6.07, 6.45) is 3.33. The topological polar surface area (TPSA) is 26.0 Å². The van der Waals surface area contributed by atoms with E-state index in [2.05, 4.69) is 18.4 Å². The van der Waals surface area contributed by atoms with Crippen molar-refractivity contribution in [1.82, 2.24) is 0 Å². The van der Waals surface area contributed by atoms with Crippen LogP contribution in [0.15, 0.2) is 11.5 Å². The molecule has 0 fully saturated rings. The molecule has 0 bridgehead atoms. The Balaban J connectivity index is 2.29. The molecule has 0 radical (unpaired) electrons. The Morgan fingerprint density at radius 1 is 1.88 bits per heavy atom. The van der Waals surface area contributed by atoms with Crippen LogP contribution in [0.5, 0.6) is 0 Å². The lowest BCUT2D eigenvalue weighted by atomic mass is 10.2. The Kier molecular flexibility index (Phi) is 1.97. The van der Waals surface area contributed by atoms with E-state index in [0.717, 1.165) is 6.42 Å². The molecule has 2 heteroatoms. The van der Waals surface area contributed by atoms with Crippen LogP contribution in [0.4, 0.5) is 0 Å². The molecule has 2 atom stereocenters. The van der Waals surface area contributed by atoms with Gasteiger partial charge in [0.2, 0.25) is 0 Å². The number of nitrogens with two attached hydrogens (primary N) is 1. The second-order valence-electron chi connectivity index (χ2n) is 2.14. The van der Waals surface area contributed by atoms with Crippen LogP contribution in [0.25, 0.3) is 0 Å². The van der Waals surface area contributed by atoms with Gasteiger partial charge in [0.05, 0.1) is 0 Å². The van der Waals surface area contributed by atoms with Crippen molar-refractivity contribution in [2.45, 2.75) is 24.6 Å². The smallest absolute Gasteiger partial charge is 0.0272 e. The summed E-state index contributed by atoms with van der Waals surface area (Å²) in [6, 6.07) is 0.343. The Morgan fingerprint density at radius 2 is 2.62 bits per heavy atom. The molecule has 1 heterocycles. The summed E-state index contributed by atoms with van der Waals surface area (Å²) in [4.78, 5) is 0. The van der Waals surface area contributed by atoms with Gasteiger partial charge >= 0.3 is 0 Å². The van der Waals surface area contributed by atoms with Gasteiger partial charge in [-0.25, -0.2) is 0 Å². The summed E-state index contributed by atoms with van der Waals surface area (Å²) in [6.45, 7) is 2.06. The molecule has 0 spiro atoms. The predicted octanol–water partition coefficient (Wildman–Crippen LogP) is 1.35. The molecule has 0 amide bonds. The molecule has 0 aromatic carbocycles. The molecule has 0 saturated heterocycles. The van der Waals surface area contributed by atoms with Gasteiger partial charge in [0.25, 0.3) is 0 Å². The van der Waals surface area contributed by atoms with Gasteiger partial charge in [-0.1, -0.05) is 6.08 Å². The van der Waals surface area contributed by atoms with E-state index in [1.165, 1.54) is 0 Å². The molecule has 1 rings (SSSR count). The molecule has 0 saturated carbocycles. The highest BCUT2D eigenvalue weighted by Gasteiger charge is 2.14. The highest BCUT2D eigenvalue weighted by atomic mass is 32.2. The van der Waals surface area contributed by atoms with Gasteiger partial charge in [-0.3, -0.25) is 0 Å². The van der Waals surface area contributed by atoms with Gasteiger partial charge in [-0.15, -0.1) is 11.8 Å². The average Bonchev–Trinajstić information content (AvgIpc) is 2.12. The molecule has 1 unspecified atom stereocenters. The van der Waals surface area contributed by atoms with E-state index < -0.39 is 0 Å². The third-order valence-corrected chi connectivity index (χ3v) is 2.63. The van der Waals surface area contributed by atoms with E-state index >= 15 is 0 Å². The van der Waals surface area contributed by atoms with Crippen LogP contribution in [-0.2, 0) is 0 Å². The van der Waals surface area contributed by atoms with E-state index in [-0.39, 0.29) is 0 Å². The molecular weight excluding hydrogens is 118 g/mol. The van der Waals surface area contributed by atoms with Gasteiger partial charge in [-0.05, 0) is 18.8 Å². The zero-order chi connectivity index (χ0) is 5.98. The summed E-state index contributed by atoms with van der Waals surface area (Å²) in [5.74, 6) is 0. The minimum absolute atomic E-state index is 0.343. The van der Waals surface area contributed by atoms with Crippen LogP contribution in [0, 0.1) is 0 Å². The van der Waals surface area contributed by atoms with E-state index in [1.807, 2.05) is 11.8 Å². The first-order valence-corrected chi connectivity index (χ1v) is 3.81. The number of thioether (sulfide) groups is 1. The van der Waals surface area contributed by atoms with Gasteiger partial charge in [-0.2, -0.15) is 0 Å². The molecule has 46 valence electrons. The molecule has 1 nitrogen and oxygen atoms in total. The highest BCUT2D eigenvalue weighted by molar-refractivity contribution is 8.03. The number of hydrogen-bond donors (Lipinski definition) is 1. The molecule has 0 aliphatic carbocycles. The van der Waals surface area contributed by atoms with Crippen molar-refractivity contribution in [2.24, 2.45) is 5.73 Å². The molecular formula is C6H11NS. The normalized spacial score (nSPS) is 31.0. The molecule has 8 heavy (non-hydrogen) atoms. The van der Waals surface area contributed by atoms with Gasteiger partial charge < -0.3 is 5.73 Å². The van der Waals surface area contributed by atoms with Gasteiger partial charge in [0.1, 0.15) is 0 Å². The molecule has 0 aromatic rings. The van der Waals surface area contributed by atoms with Crippen molar-refractivity contribution in [2.75, 3.05) is 0 Å². The molecule has 1 aliphatic heterocycles. The summed E-state index contributed by atoms with van der Waals surface area (Å²) in [7, 11) is 0. The fourth-order valence-corrected chi connectivity index (χ4v) is 1.63. The summed E-state index contributed by atoms with van der Waals surface area (Å²) in [5.41, 5.74) is 5.64.